The summed E-state index contributed by atoms with van der Waals surface area (Å²) in [6.07, 6.45) is 73.0. The van der Waals surface area contributed by atoms with E-state index in [1.165, 1.54) is 128 Å². The van der Waals surface area contributed by atoms with Crippen molar-refractivity contribution < 1.29 is 37.3 Å². The maximum absolute atomic E-state index is 13.5. The van der Waals surface area contributed by atoms with Crippen LogP contribution in [0.2, 0.25) is 0 Å². The predicted octanol–water partition coefficient (Wildman–Crippen LogP) is 19.4. The second-order valence-corrected chi connectivity index (χ2v) is 23.7. The minimum atomic E-state index is -4.45. The van der Waals surface area contributed by atoms with Crippen molar-refractivity contribution in [2.24, 2.45) is 0 Å². The van der Waals surface area contributed by atoms with Crippen molar-refractivity contribution >= 4 is 19.7 Å². The summed E-state index contributed by atoms with van der Waals surface area (Å²) in [6.45, 7) is 6.89. The zero-order valence-electron chi connectivity index (χ0n) is 50.2. The van der Waals surface area contributed by atoms with E-state index in [1.807, 2.05) is 33.3 Å². The number of likely N-dealkylation sites (N-methyl/N-ethyl adjacent to an activating group) is 1. The first-order valence-corrected chi connectivity index (χ1v) is 32.9. The Kier molecular flexibility index (Phi) is 53.5. The molecule has 0 aliphatic rings. The first kappa shape index (κ1) is 73.2. The summed E-state index contributed by atoms with van der Waals surface area (Å²) < 4.78 is 30.6. The van der Waals surface area contributed by atoms with E-state index >= 15 is 0 Å². The highest BCUT2D eigenvalue weighted by Crippen LogP contribution is 2.43. The Balaban J connectivity index is 5.09. The van der Waals surface area contributed by atoms with Gasteiger partial charge >= 0.3 is 13.8 Å². The van der Waals surface area contributed by atoms with Crippen LogP contribution in [0.25, 0.3) is 0 Å². The third-order valence-corrected chi connectivity index (χ3v) is 14.6. The molecule has 0 aliphatic heterocycles. The summed E-state index contributed by atoms with van der Waals surface area (Å²) >= 11 is 0. The van der Waals surface area contributed by atoms with Crippen LogP contribution in [0.3, 0.4) is 0 Å². The Morgan fingerprint density at radius 3 is 1.26 bits per heavy atom. The maximum atomic E-state index is 13.5. The molecule has 76 heavy (non-hydrogen) atoms. The first-order chi connectivity index (χ1) is 36.9. The third-order valence-electron chi connectivity index (χ3n) is 13.6. The number of carbonyl (C=O) groups is 2. The quantitative estimate of drug-likeness (QED) is 0.0205. The molecule has 0 bridgehead atoms. The molecule has 10 heteroatoms. The number of phosphoric acid groups is 1. The van der Waals surface area contributed by atoms with E-state index in [1.54, 1.807) is 0 Å². The molecule has 0 heterocycles. The van der Waals surface area contributed by atoms with Gasteiger partial charge in [-0.15, -0.1) is 0 Å². The van der Waals surface area contributed by atoms with E-state index in [4.69, 9.17) is 13.8 Å². The van der Waals surface area contributed by atoms with Crippen molar-refractivity contribution in [3.63, 3.8) is 0 Å². The van der Waals surface area contributed by atoms with E-state index in [2.05, 4.69) is 99.0 Å². The Labute approximate surface area is 469 Å². The Hall–Kier alpha value is -2.81. The Morgan fingerprint density at radius 1 is 0.474 bits per heavy atom. The van der Waals surface area contributed by atoms with Crippen LogP contribution in [-0.2, 0) is 27.9 Å². The number of quaternary nitrogens is 1. The van der Waals surface area contributed by atoms with E-state index in [9.17, 15) is 19.0 Å². The minimum Gasteiger partial charge on any atom is -0.456 e. The second-order valence-electron chi connectivity index (χ2n) is 22.2. The molecule has 0 radical (unpaired) electrons. The predicted molar refractivity (Wildman–Crippen MR) is 328 cm³/mol. The van der Waals surface area contributed by atoms with Gasteiger partial charge in [0, 0.05) is 12.8 Å². The van der Waals surface area contributed by atoms with Gasteiger partial charge in [-0.25, -0.2) is 4.57 Å². The van der Waals surface area contributed by atoms with Gasteiger partial charge in [-0.05, 0) is 83.1 Å². The smallest absolute Gasteiger partial charge is 0.456 e. The number of esters is 1. The number of unbranched alkanes of at least 4 members (excludes halogenated alkanes) is 28. The van der Waals surface area contributed by atoms with Crippen LogP contribution in [0.15, 0.2) is 85.1 Å². The average Bonchev–Trinajstić information content (AvgIpc) is 3.38. The molecule has 0 aromatic heterocycles. The average molecular weight is 1080 g/mol. The number of ether oxygens (including phenoxy) is 1. The highest BCUT2D eigenvalue weighted by molar-refractivity contribution is 7.47. The SMILES string of the molecule is CC/C=C\C/C=C\C/C=C\C/C=C\C/C=C\C/C=C\CCCCCCCCCCC(=O)NC(COP(=O)(O)OCC[N+](C)(C)C)C(/C=C\CCCCCCCCCCCC)OC(=O)CCCCCCCCCCCCC. The van der Waals surface area contributed by atoms with E-state index in [0.717, 1.165) is 109 Å². The number of nitrogens with one attached hydrogen (secondary N) is 1. The Morgan fingerprint density at radius 2 is 0.842 bits per heavy atom. The monoisotopic (exact) mass is 1080 g/mol. The molecule has 0 aliphatic carbocycles. The summed E-state index contributed by atoms with van der Waals surface area (Å²) in [5, 5.41) is 3.05. The lowest BCUT2D eigenvalue weighted by molar-refractivity contribution is -0.870. The molecule has 9 nitrogen and oxygen atoms in total. The van der Waals surface area contributed by atoms with Gasteiger partial charge in [-0.3, -0.25) is 18.6 Å². The van der Waals surface area contributed by atoms with Crippen molar-refractivity contribution in [1.82, 2.24) is 5.32 Å². The fourth-order valence-electron chi connectivity index (χ4n) is 8.77. The molecule has 2 N–H and O–H groups in total. The molecule has 0 rings (SSSR count). The van der Waals surface area contributed by atoms with Gasteiger partial charge in [0.2, 0.25) is 5.91 Å². The molecule has 0 fully saturated rings. The number of amides is 1. The molecule has 3 atom stereocenters. The molecule has 3 unspecified atom stereocenters. The lowest BCUT2D eigenvalue weighted by atomic mass is 10.0. The van der Waals surface area contributed by atoms with E-state index < -0.39 is 20.0 Å². The highest BCUT2D eigenvalue weighted by atomic mass is 31.2. The lowest BCUT2D eigenvalue weighted by Gasteiger charge is -2.27. The topological polar surface area (TPSA) is 111 Å². The molecule has 0 saturated carbocycles. The second kappa shape index (κ2) is 55.5. The van der Waals surface area contributed by atoms with Gasteiger partial charge < -0.3 is 19.4 Å². The van der Waals surface area contributed by atoms with Crippen molar-refractivity contribution in [3.05, 3.63) is 85.1 Å². The van der Waals surface area contributed by atoms with Gasteiger partial charge in [0.15, 0.2) is 0 Å². The van der Waals surface area contributed by atoms with Gasteiger partial charge in [0.25, 0.3) is 0 Å². The zero-order chi connectivity index (χ0) is 55.7. The van der Waals surface area contributed by atoms with Crippen LogP contribution < -0.4 is 5.32 Å². The van der Waals surface area contributed by atoms with Crippen LogP contribution in [0.4, 0.5) is 0 Å². The zero-order valence-corrected chi connectivity index (χ0v) is 51.1. The standard InChI is InChI=1S/C66H119N2O7P/c1-7-10-13-16-19-22-25-27-28-29-30-31-32-33-34-35-36-37-38-39-40-41-44-46-49-52-55-58-65(69)67-63(62-74-76(71,72)73-61-60-68(4,5)6)64(57-54-51-48-45-43-26-23-20-17-14-11-8-2)75-66(70)59-56-53-50-47-42-24-21-18-15-12-9-3/h10,13,19,22,27-28,30-31,33-34,36-37,54,57,63-64H,7-9,11-12,14-18,20-21,23-26,29,32,35,38-53,55-56,58-62H2,1-6H3,(H-,67,69,71,72)/p+1/b13-10-,22-19-,28-27-,31-30-,34-33-,37-36-,57-54-. The molecule has 1 amide bonds. The van der Waals surface area contributed by atoms with E-state index in [-0.39, 0.29) is 31.5 Å². The maximum Gasteiger partial charge on any atom is 0.472 e. The number of hydrogen-bond acceptors (Lipinski definition) is 6. The van der Waals surface area contributed by atoms with Crippen LogP contribution in [0.5, 0.6) is 0 Å². The number of allylic oxidation sites excluding steroid dienone is 13. The number of hydrogen-bond donors (Lipinski definition) is 2. The summed E-state index contributed by atoms with van der Waals surface area (Å²) in [6, 6.07) is -0.854. The molecule has 0 aromatic carbocycles. The highest BCUT2D eigenvalue weighted by Gasteiger charge is 2.30. The van der Waals surface area contributed by atoms with Crippen molar-refractivity contribution in [1.29, 1.82) is 0 Å². The molecule has 440 valence electrons. The largest absolute Gasteiger partial charge is 0.472 e. The van der Waals surface area contributed by atoms with Gasteiger partial charge in [-0.2, -0.15) is 0 Å². The molecule has 0 saturated heterocycles. The Bertz CT molecular complexity index is 1580. The fourth-order valence-corrected chi connectivity index (χ4v) is 9.50. The number of carbonyl (C=O) groups excluding carboxylic acids is 2. The van der Waals surface area contributed by atoms with Gasteiger partial charge in [-0.1, -0.05) is 260 Å². The van der Waals surface area contributed by atoms with Crippen LogP contribution in [0, 0.1) is 0 Å². The molecular formula is C66H120N2O7P+. The summed E-state index contributed by atoms with van der Waals surface area (Å²) in [5.74, 6) is -0.514. The van der Waals surface area contributed by atoms with Crippen LogP contribution in [0.1, 0.15) is 271 Å². The van der Waals surface area contributed by atoms with E-state index in [0.29, 0.717) is 17.4 Å². The lowest BCUT2D eigenvalue weighted by Crippen LogP contribution is -2.47. The number of rotatable bonds is 56. The third kappa shape index (κ3) is 55.9. The minimum absolute atomic E-state index is 0.0365. The van der Waals surface area contributed by atoms with Gasteiger partial charge in [0.05, 0.1) is 33.8 Å². The van der Waals surface area contributed by atoms with Crippen molar-refractivity contribution in [3.8, 4) is 0 Å². The van der Waals surface area contributed by atoms with Crippen molar-refractivity contribution in [2.45, 2.75) is 283 Å². The molecular weight excluding hydrogens is 964 g/mol. The van der Waals surface area contributed by atoms with Crippen LogP contribution in [-0.4, -0.2) is 74.3 Å². The van der Waals surface area contributed by atoms with Crippen LogP contribution >= 0.6 is 7.82 Å². The molecule has 0 spiro atoms. The van der Waals surface area contributed by atoms with Crippen molar-refractivity contribution in [2.75, 3.05) is 40.9 Å². The molecule has 0 aromatic rings. The number of phosphoric ester groups is 1. The first-order valence-electron chi connectivity index (χ1n) is 31.4. The number of nitrogens with zero attached hydrogens (tertiary/aromatic N) is 1. The fraction of sp³-hybridized carbons (Fsp3) is 0.758. The normalized spacial score (nSPS) is 14.2. The summed E-state index contributed by atoms with van der Waals surface area (Å²) in [5.41, 5.74) is 0. The summed E-state index contributed by atoms with van der Waals surface area (Å²) in [4.78, 5) is 37.6. The summed E-state index contributed by atoms with van der Waals surface area (Å²) in [7, 11) is 1.49. The van der Waals surface area contributed by atoms with Gasteiger partial charge in [0.1, 0.15) is 19.3 Å².